The molecule has 0 unspecified atom stereocenters. The molecule has 2 aliphatic rings. The number of aromatic nitrogens is 2. The van der Waals surface area contributed by atoms with Gasteiger partial charge in [0.2, 0.25) is 0 Å². The molecule has 178 valence electrons. The normalized spacial score (nSPS) is 16.3. The summed E-state index contributed by atoms with van der Waals surface area (Å²) in [5.41, 5.74) is -0.514. The molecule has 11 heteroatoms. The monoisotopic (exact) mass is 465 g/mol. The van der Waals surface area contributed by atoms with Crippen LogP contribution in [-0.4, -0.2) is 57.2 Å². The first kappa shape index (κ1) is 23.2. The molecule has 1 aromatic heterocycles. The Kier molecular flexibility index (Phi) is 6.44. The summed E-state index contributed by atoms with van der Waals surface area (Å²) < 4.78 is 46.6. The van der Waals surface area contributed by atoms with Gasteiger partial charge in [-0.3, -0.25) is 0 Å². The van der Waals surface area contributed by atoms with Gasteiger partial charge in [0.15, 0.2) is 5.82 Å². The highest BCUT2D eigenvalue weighted by atomic mass is 19.3. The van der Waals surface area contributed by atoms with Crippen LogP contribution in [0.5, 0.6) is 0 Å². The number of morpholine rings is 1. The van der Waals surface area contributed by atoms with Gasteiger partial charge in [0.25, 0.3) is 6.43 Å². The van der Waals surface area contributed by atoms with Crippen LogP contribution in [0, 0.1) is 5.82 Å². The average molecular weight is 465 g/mol. The van der Waals surface area contributed by atoms with Crippen molar-refractivity contribution in [3.8, 4) is 0 Å². The number of halogens is 3. The maximum Gasteiger partial charge on any atom is 0.320 e. The number of aliphatic hydroxyl groups is 1. The number of nitrogens with zero attached hydrogens (tertiary/aromatic N) is 4. The second kappa shape index (κ2) is 9.14. The zero-order valence-electron chi connectivity index (χ0n) is 18.4. The molecule has 0 atom stereocenters. The fraction of sp³-hybridized carbons (Fsp3) is 0.500. The summed E-state index contributed by atoms with van der Waals surface area (Å²) in [6, 6.07) is 3.73. The van der Waals surface area contributed by atoms with Crippen LogP contribution in [0.1, 0.15) is 48.5 Å². The van der Waals surface area contributed by atoms with Gasteiger partial charge < -0.3 is 25.0 Å². The highest BCUT2D eigenvalue weighted by molar-refractivity contribution is 5.76. The van der Waals surface area contributed by atoms with Crippen LogP contribution in [0.15, 0.2) is 18.2 Å². The van der Waals surface area contributed by atoms with E-state index in [0.717, 1.165) is 6.07 Å². The van der Waals surface area contributed by atoms with Gasteiger partial charge in [-0.05, 0) is 13.8 Å². The lowest BCUT2D eigenvalue weighted by atomic mass is 9.91. The largest absolute Gasteiger partial charge is 0.388 e. The number of hydrogen-bond donors (Lipinski definition) is 2. The van der Waals surface area contributed by atoms with E-state index < -0.39 is 30.0 Å². The number of nitrogens with one attached hydrogen (secondary N) is 1. The first-order valence-electron chi connectivity index (χ1n) is 10.7. The predicted octanol–water partition coefficient (Wildman–Crippen LogP) is 3.16. The lowest BCUT2D eigenvalue weighted by Crippen LogP contribution is -2.46. The molecular formula is C22H26F3N5O3. The third-order valence-electron chi connectivity index (χ3n) is 5.89. The first-order chi connectivity index (χ1) is 15.7. The van der Waals surface area contributed by atoms with E-state index in [4.69, 9.17) is 4.74 Å². The molecule has 1 fully saturated rings. The quantitative estimate of drug-likeness (QED) is 0.705. The number of carbonyl (C=O) groups excluding carboxylic acids is 1. The van der Waals surface area contributed by atoms with Crippen LogP contribution in [-0.2, 0) is 30.0 Å². The molecule has 8 nitrogen and oxygen atoms in total. The van der Waals surface area contributed by atoms with Crippen molar-refractivity contribution in [2.45, 2.75) is 45.5 Å². The van der Waals surface area contributed by atoms with Crippen molar-refractivity contribution in [2.75, 3.05) is 31.6 Å². The predicted molar refractivity (Wildman–Crippen MR) is 113 cm³/mol. The van der Waals surface area contributed by atoms with Crippen LogP contribution in [0.2, 0.25) is 0 Å². The van der Waals surface area contributed by atoms with Crippen molar-refractivity contribution in [2.24, 2.45) is 0 Å². The van der Waals surface area contributed by atoms with Crippen molar-refractivity contribution in [3.05, 3.63) is 52.2 Å². The highest BCUT2D eigenvalue weighted by Crippen LogP contribution is 2.35. The van der Waals surface area contributed by atoms with E-state index in [0.29, 0.717) is 43.4 Å². The van der Waals surface area contributed by atoms with E-state index in [-0.39, 0.29) is 30.5 Å². The van der Waals surface area contributed by atoms with E-state index in [9.17, 15) is 23.1 Å². The third kappa shape index (κ3) is 4.60. The summed E-state index contributed by atoms with van der Waals surface area (Å²) in [6.45, 7) is 5.30. The number of anilines is 1. The number of hydrogen-bond acceptors (Lipinski definition) is 6. The van der Waals surface area contributed by atoms with Crippen LogP contribution in [0.25, 0.3) is 0 Å². The zero-order chi connectivity index (χ0) is 23.8. The number of carbonyl (C=O) groups is 1. The number of benzene rings is 1. The second-order valence-corrected chi connectivity index (χ2v) is 8.57. The Morgan fingerprint density at radius 2 is 1.94 bits per heavy atom. The van der Waals surface area contributed by atoms with E-state index in [1.807, 2.05) is 0 Å². The molecule has 2 N–H and O–H groups in total. The molecule has 1 saturated heterocycles. The van der Waals surface area contributed by atoms with Gasteiger partial charge in [-0.1, -0.05) is 18.2 Å². The minimum absolute atomic E-state index is 0.0532. The van der Waals surface area contributed by atoms with E-state index >= 15 is 0 Å². The summed E-state index contributed by atoms with van der Waals surface area (Å²) in [6.07, 6.45) is -2.94. The Balaban J connectivity index is 1.63. The Hall–Kier alpha value is -2.92. The van der Waals surface area contributed by atoms with Gasteiger partial charge in [0.1, 0.15) is 18.2 Å². The molecule has 0 saturated carbocycles. The zero-order valence-corrected chi connectivity index (χ0v) is 18.4. The Bertz CT molecular complexity index is 1040. The maximum atomic E-state index is 14.9. The lowest BCUT2D eigenvalue weighted by molar-refractivity contribution is 0.0429. The van der Waals surface area contributed by atoms with E-state index in [1.54, 1.807) is 23.6 Å². The summed E-state index contributed by atoms with van der Waals surface area (Å²) in [7, 11) is 0. The van der Waals surface area contributed by atoms with Gasteiger partial charge in [-0.25, -0.2) is 27.9 Å². The van der Waals surface area contributed by atoms with Crippen molar-refractivity contribution >= 4 is 11.8 Å². The van der Waals surface area contributed by atoms with Crippen molar-refractivity contribution < 1.29 is 27.8 Å². The number of amides is 2. The SMILES string of the molecule is CC(C)(Nc1nc(CO)nc2c1CN(C(=O)N1CCOCC1)C2)c1cccc(C(F)F)c1F. The molecule has 0 radical (unpaired) electrons. The number of alkyl halides is 2. The van der Waals surface area contributed by atoms with Gasteiger partial charge in [0, 0.05) is 24.2 Å². The standard InChI is InChI=1S/C22H26F3N5O3/c1-22(2,15-5-3-4-13(18(15)23)19(24)25)28-20-14-10-30(11-16(14)26-17(12-31)27-20)21(32)29-6-8-33-9-7-29/h3-5,19,31H,6-12H2,1-2H3,(H,26,27,28). The number of aliphatic hydroxyl groups excluding tert-OH is 1. The minimum Gasteiger partial charge on any atom is -0.388 e. The van der Waals surface area contributed by atoms with Crippen LogP contribution < -0.4 is 5.32 Å². The third-order valence-corrected chi connectivity index (χ3v) is 5.89. The second-order valence-electron chi connectivity index (χ2n) is 8.57. The van der Waals surface area contributed by atoms with Gasteiger partial charge in [-0.15, -0.1) is 0 Å². The van der Waals surface area contributed by atoms with Crippen LogP contribution >= 0.6 is 0 Å². The molecule has 2 aliphatic heterocycles. The summed E-state index contributed by atoms with van der Waals surface area (Å²) in [5.74, 6) is -0.509. The number of urea groups is 1. The molecule has 0 bridgehead atoms. The molecule has 4 rings (SSSR count). The fourth-order valence-corrected chi connectivity index (χ4v) is 4.13. The number of fused-ring (bicyclic) bond motifs is 1. The van der Waals surface area contributed by atoms with Gasteiger partial charge in [0.05, 0.1) is 43.1 Å². The molecule has 0 aliphatic carbocycles. The van der Waals surface area contributed by atoms with Crippen LogP contribution in [0.4, 0.5) is 23.8 Å². The number of ether oxygens (including phenoxy) is 1. The maximum absolute atomic E-state index is 14.9. The smallest absolute Gasteiger partial charge is 0.320 e. The van der Waals surface area contributed by atoms with E-state index in [1.165, 1.54) is 12.1 Å². The Labute approximate surface area is 189 Å². The minimum atomic E-state index is -2.94. The molecule has 33 heavy (non-hydrogen) atoms. The highest BCUT2D eigenvalue weighted by Gasteiger charge is 2.34. The Morgan fingerprint density at radius 1 is 1.21 bits per heavy atom. The topological polar surface area (TPSA) is 90.8 Å². The molecule has 0 spiro atoms. The molecule has 2 amide bonds. The summed E-state index contributed by atoms with van der Waals surface area (Å²) in [4.78, 5) is 25.0. The van der Waals surface area contributed by atoms with Gasteiger partial charge in [-0.2, -0.15) is 0 Å². The average Bonchev–Trinajstić information content (AvgIpc) is 3.23. The Morgan fingerprint density at radius 3 is 2.61 bits per heavy atom. The van der Waals surface area contributed by atoms with Crippen LogP contribution in [0.3, 0.4) is 0 Å². The number of rotatable bonds is 5. The lowest BCUT2D eigenvalue weighted by Gasteiger charge is -2.31. The summed E-state index contributed by atoms with van der Waals surface area (Å²) >= 11 is 0. The van der Waals surface area contributed by atoms with Crippen molar-refractivity contribution in [1.82, 2.24) is 19.8 Å². The first-order valence-corrected chi connectivity index (χ1v) is 10.7. The molecule has 1 aromatic carbocycles. The fourth-order valence-electron chi connectivity index (χ4n) is 4.13. The van der Waals surface area contributed by atoms with Crippen molar-refractivity contribution in [1.29, 1.82) is 0 Å². The summed E-state index contributed by atoms with van der Waals surface area (Å²) in [5, 5.41) is 12.8. The molecule has 3 heterocycles. The molecular weight excluding hydrogens is 439 g/mol. The van der Waals surface area contributed by atoms with Crippen molar-refractivity contribution in [3.63, 3.8) is 0 Å². The van der Waals surface area contributed by atoms with E-state index in [2.05, 4.69) is 15.3 Å². The van der Waals surface area contributed by atoms with Gasteiger partial charge >= 0.3 is 6.03 Å². The molecule has 2 aromatic rings.